The van der Waals surface area contributed by atoms with Crippen molar-refractivity contribution in [2.75, 3.05) is 13.2 Å². The van der Waals surface area contributed by atoms with Crippen molar-refractivity contribution in [2.45, 2.75) is 32.3 Å². The van der Waals surface area contributed by atoms with Crippen LogP contribution >= 0.6 is 0 Å². The van der Waals surface area contributed by atoms with Crippen LogP contribution in [-0.4, -0.2) is 29.4 Å². The average molecular weight is 252 g/mol. The molecule has 4 heteroatoms. The monoisotopic (exact) mass is 252 g/mol. The van der Waals surface area contributed by atoms with E-state index in [0.29, 0.717) is 5.56 Å². The molecule has 0 aliphatic rings. The van der Waals surface area contributed by atoms with Gasteiger partial charge in [0.15, 0.2) is 6.10 Å². The Morgan fingerprint density at radius 1 is 1.44 bits per heavy atom. The summed E-state index contributed by atoms with van der Waals surface area (Å²) in [5.74, 6) is -0.656. The van der Waals surface area contributed by atoms with Gasteiger partial charge < -0.3 is 14.9 Å². The summed E-state index contributed by atoms with van der Waals surface area (Å²) in [5.41, 5.74) is 0.933. The Bertz CT molecular complexity index is 412. The zero-order chi connectivity index (χ0) is 13.8. The van der Waals surface area contributed by atoms with E-state index in [9.17, 15) is 15.0 Å². The number of esters is 1. The summed E-state index contributed by atoms with van der Waals surface area (Å²) in [6.07, 6.45) is -1.28. The van der Waals surface area contributed by atoms with Gasteiger partial charge >= 0.3 is 5.97 Å². The van der Waals surface area contributed by atoms with Crippen molar-refractivity contribution < 1.29 is 19.7 Å². The quantitative estimate of drug-likeness (QED) is 0.780. The van der Waals surface area contributed by atoms with Crippen LogP contribution in [0, 0.1) is 0 Å². The van der Waals surface area contributed by atoms with E-state index in [4.69, 9.17) is 4.74 Å². The molecule has 1 rings (SSSR count). The van der Waals surface area contributed by atoms with Crippen molar-refractivity contribution in [1.29, 1.82) is 0 Å². The molecule has 0 aliphatic heterocycles. The molecule has 2 N–H and O–H groups in total. The summed E-state index contributed by atoms with van der Waals surface area (Å²) >= 11 is 0. The summed E-state index contributed by atoms with van der Waals surface area (Å²) in [6.45, 7) is 5.70. The number of benzene rings is 1. The molecular formula is C14H20O4. The maximum Gasteiger partial charge on any atom is 0.339 e. The highest BCUT2D eigenvalue weighted by molar-refractivity contribution is 5.76. The van der Waals surface area contributed by atoms with Gasteiger partial charge in [-0.2, -0.15) is 0 Å². The first kappa shape index (κ1) is 14.7. The van der Waals surface area contributed by atoms with E-state index >= 15 is 0 Å². The van der Waals surface area contributed by atoms with Gasteiger partial charge in [0.05, 0.1) is 13.2 Å². The maximum absolute atomic E-state index is 11.5. The van der Waals surface area contributed by atoms with Gasteiger partial charge in [0.2, 0.25) is 0 Å². The van der Waals surface area contributed by atoms with Gasteiger partial charge in [0, 0.05) is 5.41 Å². The Morgan fingerprint density at radius 2 is 2.11 bits per heavy atom. The van der Waals surface area contributed by atoms with Crippen LogP contribution in [0.3, 0.4) is 0 Å². The lowest BCUT2D eigenvalue weighted by molar-refractivity contribution is -0.153. The molecule has 1 atom stereocenters. The molecule has 4 nitrogen and oxygen atoms in total. The lowest BCUT2D eigenvalue weighted by Crippen LogP contribution is -2.23. The fourth-order valence-electron chi connectivity index (χ4n) is 1.58. The molecule has 0 bridgehead atoms. The minimum absolute atomic E-state index is 0.00798. The Hall–Kier alpha value is -1.39. The summed E-state index contributed by atoms with van der Waals surface area (Å²) in [7, 11) is 0. The van der Waals surface area contributed by atoms with Gasteiger partial charge in [-0.1, -0.05) is 38.1 Å². The Balaban J connectivity index is 2.98. The Labute approximate surface area is 107 Å². The van der Waals surface area contributed by atoms with Gasteiger partial charge in [-0.25, -0.2) is 4.79 Å². The summed E-state index contributed by atoms with van der Waals surface area (Å²) in [5, 5.41) is 19.2. The van der Waals surface area contributed by atoms with Gasteiger partial charge in [-0.15, -0.1) is 0 Å². The number of carbonyl (C=O) groups excluding carboxylic acids is 1. The third kappa shape index (κ3) is 3.31. The zero-order valence-corrected chi connectivity index (χ0v) is 11.0. The molecule has 1 aromatic rings. The number of aliphatic hydroxyl groups excluding tert-OH is 2. The van der Waals surface area contributed by atoms with Crippen molar-refractivity contribution in [2.24, 2.45) is 0 Å². The van der Waals surface area contributed by atoms with Crippen molar-refractivity contribution >= 4 is 5.97 Å². The molecule has 0 saturated heterocycles. The lowest BCUT2D eigenvalue weighted by Gasteiger charge is -2.23. The van der Waals surface area contributed by atoms with E-state index in [1.807, 2.05) is 19.9 Å². The second-order valence-electron chi connectivity index (χ2n) is 4.82. The number of hydrogen-bond donors (Lipinski definition) is 2. The molecule has 0 radical (unpaired) electrons. The molecule has 0 amide bonds. The van der Waals surface area contributed by atoms with E-state index in [1.165, 1.54) is 0 Å². The largest absolute Gasteiger partial charge is 0.464 e. The van der Waals surface area contributed by atoms with Gasteiger partial charge in [-0.05, 0) is 18.1 Å². The molecule has 1 unspecified atom stereocenters. The molecule has 1 aromatic carbocycles. The molecule has 100 valence electrons. The molecular weight excluding hydrogens is 232 g/mol. The van der Waals surface area contributed by atoms with E-state index in [-0.39, 0.29) is 13.2 Å². The van der Waals surface area contributed by atoms with Crippen molar-refractivity contribution in [1.82, 2.24) is 0 Å². The van der Waals surface area contributed by atoms with Crippen LogP contribution in [0.1, 0.15) is 38.0 Å². The van der Waals surface area contributed by atoms with E-state index in [2.05, 4.69) is 0 Å². The number of aliphatic hydroxyl groups is 2. The summed E-state index contributed by atoms with van der Waals surface area (Å²) < 4.78 is 4.77. The van der Waals surface area contributed by atoms with Gasteiger partial charge in [0.25, 0.3) is 0 Å². The highest BCUT2D eigenvalue weighted by Crippen LogP contribution is 2.25. The van der Waals surface area contributed by atoms with Crippen molar-refractivity contribution in [3.8, 4) is 0 Å². The first-order chi connectivity index (χ1) is 8.42. The molecule has 0 fully saturated rings. The fourth-order valence-corrected chi connectivity index (χ4v) is 1.58. The van der Waals surface area contributed by atoms with Crippen LogP contribution in [0.5, 0.6) is 0 Å². The maximum atomic E-state index is 11.5. The van der Waals surface area contributed by atoms with Crippen LogP contribution in [0.25, 0.3) is 0 Å². The van der Waals surface area contributed by atoms with Crippen molar-refractivity contribution in [3.63, 3.8) is 0 Å². The lowest BCUT2D eigenvalue weighted by atomic mass is 9.84. The molecule has 0 aliphatic carbocycles. The number of carbonyl (C=O) groups is 1. The fraction of sp³-hybridized carbons (Fsp3) is 0.500. The topological polar surface area (TPSA) is 66.8 Å². The average Bonchev–Trinajstić information content (AvgIpc) is 2.38. The number of hydrogen-bond acceptors (Lipinski definition) is 4. The predicted molar refractivity (Wildman–Crippen MR) is 68.1 cm³/mol. The van der Waals surface area contributed by atoms with Gasteiger partial charge in [-0.3, -0.25) is 0 Å². The van der Waals surface area contributed by atoms with Gasteiger partial charge in [0.1, 0.15) is 0 Å². The molecule has 0 saturated carbocycles. The van der Waals surface area contributed by atoms with E-state index in [0.717, 1.165) is 5.56 Å². The molecule has 0 spiro atoms. The second-order valence-corrected chi connectivity index (χ2v) is 4.82. The van der Waals surface area contributed by atoms with Crippen LogP contribution in [0.2, 0.25) is 0 Å². The zero-order valence-electron chi connectivity index (χ0n) is 11.0. The highest BCUT2D eigenvalue weighted by atomic mass is 16.5. The molecule has 18 heavy (non-hydrogen) atoms. The summed E-state index contributed by atoms with van der Waals surface area (Å²) in [4.78, 5) is 11.5. The predicted octanol–water partition coefficient (Wildman–Crippen LogP) is 1.55. The summed E-state index contributed by atoms with van der Waals surface area (Å²) in [6, 6.07) is 7.00. The van der Waals surface area contributed by atoms with Crippen molar-refractivity contribution in [3.05, 3.63) is 35.4 Å². The van der Waals surface area contributed by atoms with Crippen LogP contribution in [-0.2, 0) is 14.9 Å². The highest BCUT2D eigenvalue weighted by Gasteiger charge is 2.23. The number of rotatable bonds is 5. The minimum Gasteiger partial charge on any atom is -0.464 e. The van der Waals surface area contributed by atoms with Crippen LogP contribution in [0.4, 0.5) is 0 Å². The molecule has 0 aromatic heterocycles. The minimum atomic E-state index is -1.28. The first-order valence-corrected chi connectivity index (χ1v) is 5.98. The van der Waals surface area contributed by atoms with E-state index < -0.39 is 17.5 Å². The SMILES string of the molecule is CCOC(=O)C(O)c1cccc(C(C)(C)CO)c1. The first-order valence-electron chi connectivity index (χ1n) is 5.98. The van der Waals surface area contributed by atoms with Crippen LogP contribution < -0.4 is 0 Å². The Kier molecular flexibility index (Phi) is 4.87. The van der Waals surface area contributed by atoms with Crippen LogP contribution in [0.15, 0.2) is 24.3 Å². The Morgan fingerprint density at radius 3 is 2.67 bits per heavy atom. The normalized spacial score (nSPS) is 13.2. The smallest absolute Gasteiger partial charge is 0.339 e. The third-order valence-corrected chi connectivity index (χ3v) is 2.89. The third-order valence-electron chi connectivity index (χ3n) is 2.89. The number of ether oxygens (including phenoxy) is 1. The van der Waals surface area contributed by atoms with E-state index in [1.54, 1.807) is 25.1 Å². The standard InChI is InChI=1S/C14H20O4/c1-4-18-13(17)12(16)10-6-5-7-11(8-10)14(2,3)9-15/h5-8,12,15-16H,4,9H2,1-3H3. The molecule has 0 heterocycles. The second kappa shape index (κ2) is 5.98.